The number of nitrogens with zero attached hydrogens (tertiary/aromatic N) is 1. The molecule has 0 bridgehead atoms. The average molecular weight is 413 g/mol. The van der Waals surface area contributed by atoms with Gasteiger partial charge in [-0.3, -0.25) is 14.5 Å². The number of nitrogens with one attached hydrogen (secondary N) is 2. The van der Waals surface area contributed by atoms with Crippen LogP contribution in [0.1, 0.15) is 24.4 Å². The Hall–Kier alpha value is -3.13. The van der Waals surface area contributed by atoms with Gasteiger partial charge in [0.05, 0.1) is 13.1 Å². The van der Waals surface area contributed by atoms with Gasteiger partial charge in [0.1, 0.15) is 19.0 Å². The molecule has 1 saturated heterocycles. The minimum Gasteiger partial charge on any atom is -0.486 e. The van der Waals surface area contributed by atoms with Crippen LogP contribution in [0.15, 0.2) is 42.5 Å². The normalized spacial score (nSPS) is 18.1. The van der Waals surface area contributed by atoms with Gasteiger partial charge in [-0.15, -0.1) is 0 Å². The van der Waals surface area contributed by atoms with Crippen molar-refractivity contribution in [3.8, 4) is 11.5 Å². The number of ether oxygens (including phenoxy) is 2. The lowest BCUT2D eigenvalue weighted by Crippen LogP contribution is -2.40. The maximum absolute atomic E-state index is 12.9. The molecule has 2 aliphatic heterocycles. The Bertz CT molecular complexity index is 919. The summed E-state index contributed by atoms with van der Waals surface area (Å²) in [5, 5.41) is 5.27. The molecule has 0 aromatic heterocycles. The molecule has 30 heavy (non-hydrogen) atoms. The molecule has 0 saturated carbocycles. The number of carbonyl (C=O) groups excluding carboxylic acids is 2. The first-order chi connectivity index (χ1) is 14.6. The second kappa shape index (κ2) is 9.13. The monoisotopic (exact) mass is 413 g/mol. The second-order valence-corrected chi connectivity index (χ2v) is 7.36. The molecule has 158 valence electrons. The molecule has 2 aromatic rings. The molecule has 0 radical (unpaired) electrons. The summed E-state index contributed by atoms with van der Waals surface area (Å²) < 4.78 is 24.2. The van der Waals surface area contributed by atoms with Crippen LogP contribution >= 0.6 is 0 Å². The van der Waals surface area contributed by atoms with E-state index in [1.165, 1.54) is 24.3 Å². The van der Waals surface area contributed by atoms with Crippen molar-refractivity contribution in [1.29, 1.82) is 0 Å². The Kier molecular flexibility index (Phi) is 6.13. The fourth-order valence-electron chi connectivity index (χ4n) is 3.82. The average Bonchev–Trinajstić information content (AvgIpc) is 3.21. The van der Waals surface area contributed by atoms with E-state index >= 15 is 0 Å². The zero-order chi connectivity index (χ0) is 20.9. The molecule has 2 amide bonds. The third kappa shape index (κ3) is 4.88. The summed E-state index contributed by atoms with van der Waals surface area (Å²) in [4.78, 5) is 26.5. The van der Waals surface area contributed by atoms with Crippen LogP contribution in [0.25, 0.3) is 0 Å². The van der Waals surface area contributed by atoms with Crippen LogP contribution in [-0.4, -0.2) is 49.6 Å². The van der Waals surface area contributed by atoms with Crippen LogP contribution in [0, 0.1) is 5.82 Å². The molecule has 1 atom stereocenters. The summed E-state index contributed by atoms with van der Waals surface area (Å²) in [6.07, 6.45) is 1.95. The largest absolute Gasteiger partial charge is 0.486 e. The first-order valence-corrected chi connectivity index (χ1v) is 10.0. The number of carbonyl (C=O) groups is 2. The highest BCUT2D eigenvalue weighted by atomic mass is 19.1. The van der Waals surface area contributed by atoms with Gasteiger partial charge < -0.3 is 20.1 Å². The quantitative estimate of drug-likeness (QED) is 0.761. The summed E-state index contributed by atoms with van der Waals surface area (Å²) in [5.41, 5.74) is 1.58. The number of hydrogen-bond acceptors (Lipinski definition) is 5. The first kappa shape index (κ1) is 20.2. The number of rotatable bonds is 6. The van der Waals surface area contributed by atoms with Gasteiger partial charge in [0.25, 0.3) is 0 Å². The predicted octanol–water partition coefficient (Wildman–Crippen LogP) is 2.49. The SMILES string of the molecule is O=C(CN1CCC[C@H]1c1ccc2c(c1)OCCO2)NCC(=O)Nc1ccc(F)cc1. The number of amides is 2. The van der Waals surface area contributed by atoms with Crippen molar-refractivity contribution in [2.75, 3.05) is 38.2 Å². The van der Waals surface area contributed by atoms with E-state index in [2.05, 4.69) is 15.5 Å². The van der Waals surface area contributed by atoms with Gasteiger partial charge in [-0.1, -0.05) is 6.07 Å². The van der Waals surface area contributed by atoms with Crippen molar-refractivity contribution in [3.63, 3.8) is 0 Å². The van der Waals surface area contributed by atoms with E-state index in [0.717, 1.165) is 36.4 Å². The molecule has 2 N–H and O–H groups in total. The second-order valence-electron chi connectivity index (χ2n) is 7.36. The zero-order valence-corrected chi connectivity index (χ0v) is 16.5. The maximum Gasteiger partial charge on any atom is 0.243 e. The summed E-state index contributed by atoms with van der Waals surface area (Å²) in [7, 11) is 0. The van der Waals surface area contributed by atoms with Gasteiger partial charge in [-0.25, -0.2) is 4.39 Å². The van der Waals surface area contributed by atoms with E-state index < -0.39 is 0 Å². The molecule has 2 aliphatic rings. The van der Waals surface area contributed by atoms with Crippen LogP contribution in [0.3, 0.4) is 0 Å². The topological polar surface area (TPSA) is 79.9 Å². The highest BCUT2D eigenvalue weighted by Gasteiger charge is 2.28. The lowest BCUT2D eigenvalue weighted by Gasteiger charge is -2.26. The Morgan fingerprint density at radius 2 is 1.80 bits per heavy atom. The van der Waals surface area contributed by atoms with E-state index in [4.69, 9.17) is 9.47 Å². The molecule has 8 heteroatoms. The van der Waals surface area contributed by atoms with Crippen molar-refractivity contribution in [2.24, 2.45) is 0 Å². The lowest BCUT2D eigenvalue weighted by atomic mass is 10.0. The molecular formula is C22H24FN3O4. The van der Waals surface area contributed by atoms with Crippen LogP contribution < -0.4 is 20.1 Å². The van der Waals surface area contributed by atoms with Crippen molar-refractivity contribution >= 4 is 17.5 Å². The van der Waals surface area contributed by atoms with Crippen LogP contribution in [0.4, 0.5) is 10.1 Å². The Labute approximate surface area is 174 Å². The van der Waals surface area contributed by atoms with E-state index in [0.29, 0.717) is 18.9 Å². The van der Waals surface area contributed by atoms with Crippen molar-refractivity contribution in [2.45, 2.75) is 18.9 Å². The zero-order valence-electron chi connectivity index (χ0n) is 16.5. The first-order valence-electron chi connectivity index (χ1n) is 10.0. The number of hydrogen-bond donors (Lipinski definition) is 2. The van der Waals surface area contributed by atoms with Gasteiger partial charge in [-0.05, 0) is 61.3 Å². The van der Waals surface area contributed by atoms with Crippen LogP contribution in [0.2, 0.25) is 0 Å². The minimum atomic E-state index is -0.375. The van der Waals surface area contributed by atoms with Gasteiger partial charge >= 0.3 is 0 Å². The molecule has 0 unspecified atom stereocenters. The molecular weight excluding hydrogens is 389 g/mol. The number of likely N-dealkylation sites (tertiary alicyclic amines) is 1. The Balaban J connectivity index is 1.29. The molecule has 2 aromatic carbocycles. The third-order valence-corrected chi connectivity index (χ3v) is 5.24. The highest BCUT2D eigenvalue weighted by Crippen LogP contribution is 2.37. The molecule has 1 fully saturated rings. The Morgan fingerprint density at radius 3 is 2.60 bits per heavy atom. The van der Waals surface area contributed by atoms with Gasteiger partial charge in [0.15, 0.2) is 11.5 Å². The van der Waals surface area contributed by atoms with Crippen molar-refractivity contribution in [3.05, 3.63) is 53.8 Å². The molecule has 0 spiro atoms. The number of fused-ring (bicyclic) bond motifs is 1. The fraction of sp³-hybridized carbons (Fsp3) is 0.364. The molecule has 4 rings (SSSR count). The molecule has 0 aliphatic carbocycles. The van der Waals surface area contributed by atoms with Crippen LogP contribution in [-0.2, 0) is 9.59 Å². The van der Waals surface area contributed by atoms with Crippen molar-refractivity contribution < 1.29 is 23.5 Å². The van der Waals surface area contributed by atoms with E-state index in [9.17, 15) is 14.0 Å². The maximum atomic E-state index is 12.9. The number of benzene rings is 2. The number of anilines is 1. The van der Waals surface area contributed by atoms with E-state index in [1.807, 2.05) is 18.2 Å². The molecule has 2 heterocycles. The standard InChI is InChI=1S/C22H24FN3O4/c23-16-4-6-17(7-5-16)25-21(27)13-24-22(28)14-26-9-1-2-18(26)15-3-8-19-20(12-15)30-11-10-29-19/h3-8,12,18H,1-2,9-11,13-14H2,(H,24,28)(H,25,27)/t18-/m0/s1. The third-order valence-electron chi connectivity index (χ3n) is 5.24. The van der Waals surface area contributed by atoms with Crippen LogP contribution in [0.5, 0.6) is 11.5 Å². The van der Waals surface area contributed by atoms with E-state index in [1.54, 1.807) is 0 Å². The summed E-state index contributed by atoms with van der Waals surface area (Å²) in [6.45, 7) is 1.97. The fourth-order valence-corrected chi connectivity index (χ4v) is 3.82. The Morgan fingerprint density at radius 1 is 1.03 bits per heavy atom. The van der Waals surface area contributed by atoms with Crippen molar-refractivity contribution in [1.82, 2.24) is 10.2 Å². The lowest BCUT2D eigenvalue weighted by molar-refractivity contribution is -0.125. The van der Waals surface area contributed by atoms with E-state index in [-0.39, 0.29) is 36.8 Å². The predicted molar refractivity (Wildman–Crippen MR) is 109 cm³/mol. The van der Waals surface area contributed by atoms with Gasteiger partial charge in [0, 0.05) is 11.7 Å². The highest BCUT2D eigenvalue weighted by molar-refractivity contribution is 5.94. The number of halogens is 1. The van der Waals surface area contributed by atoms with Gasteiger partial charge in [-0.2, -0.15) is 0 Å². The summed E-state index contributed by atoms with van der Waals surface area (Å²) >= 11 is 0. The molecule has 7 nitrogen and oxygen atoms in total. The smallest absolute Gasteiger partial charge is 0.243 e. The summed E-state index contributed by atoms with van der Waals surface area (Å²) in [6, 6.07) is 11.5. The van der Waals surface area contributed by atoms with Gasteiger partial charge in [0.2, 0.25) is 11.8 Å². The summed E-state index contributed by atoms with van der Waals surface area (Å²) in [5.74, 6) is 0.542. The minimum absolute atomic E-state index is 0.125.